The summed E-state index contributed by atoms with van der Waals surface area (Å²) in [4.78, 5) is 25.7. The van der Waals surface area contributed by atoms with Crippen molar-refractivity contribution in [2.24, 2.45) is 0 Å². The Labute approximate surface area is 119 Å². The number of nitrogens with one attached hydrogen (secondary N) is 2. The van der Waals surface area contributed by atoms with E-state index >= 15 is 0 Å². The Bertz CT molecular complexity index is 416. The van der Waals surface area contributed by atoms with Crippen molar-refractivity contribution in [2.45, 2.75) is 20.3 Å². The van der Waals surface area contributed by atoms with Gasteiger partial charge in [0, 0.05) is 33.6 Å². The minimum atomic E-state index is -0.0251. The van der Waals surface area contributed by atoms with Gasteiger partial charge in [0.15, 0.2) is 0 Å². The van der Waals surface area contributed by atoms with E-state index in [9.17, 15) is 4.79 Å². The molecular weight excluding hydrogens is 260 g/mol. The van der Waals surface area contributed by atoms with Crippen LogP contribution in [0.4, 0.5) is 11.9 Å². The molecule has 112 valence electrons. The van der Waals surface area contributed by atoms with E-state index in [0.717, 1.165) is 0 Å². The molecule has 0 bridgehead atoms. The lowest BCUT2D eigenvalue weighted by atomic mass is 10.4. The Morgan fingerprint density at radius 1 is 1.30 bits per heavy atom. The summed E-state index contributed by atoms with van der Waals surface area (Å²) < 4.78 is 5.32. The molecule has 1 aromatic heterocycles. The molecule has 0 unspecified atom stereocenters. The van der Waals surface area contributed by atoms with Crippen LogP contribution in [-0.4, -0.2) is 54.7 Å². The number of hydrogen-bond donors (Lipinski definition) is 2. The standard InChI is InChI=1S/C12H22N6O2/c1-5-14-10-15-11(17-12(16-10)20-6-2)18(4)8-7-9(19)13-3/h5-8H2,1-4H3,(H,13,19)(H,14,15,16,17). The second kappa shape index (κ2) is 8.13. The highest BCUT2D eigenvalue weighted by Crippen LogP contribution is 2.14. The van der Waals surface area contributed by atoms with Crippen LogP contribution in [-0.2, 0) is 4.79 Å². The first-order valence-corrected chi connectivity index (χ1v) is 6.65. The molecule has 0 saturated heterocycles. The summed E-state index contributed by atoms with van der Waals surface area (Å²) >= 11 is 0. The van der Waals surface area contributed by atoms with Gasteiger partial charge in [0.2, 0.25) is 17.8 Å². The summed E-state index contributed by atoms with van der Waals surface area (Å²) in [5.74, 6) is 0.916. The van der Waals surface area contributed by atoms with E-state index in [2.05, 4.69) is 25.6 Å². The molecule has 20 heavy (non-hydrogen) atoms. The maximum Gasteiger partial charge on any atom is 0.323 e. The molecule has 0 aliphatic carbocycles. The van der Waals surface area contributed by atoms with Gasteiger partial charge in [-0.05, 0) is 13.8 Å². The van der Waals surface area contributed by atoms with Gasteiger partial charge in [0.1, 0.15) is 0 Å². The van der Waals surface area contributed by atoms with Crippen molar-refractivity contribution in [3.63, 3.8) is 0 Å². The van der Waals surface area contributed by atoms with Crippen LogP contribution in [0, 0.1) is 0 Å². The fourth-order valence-corrected chi connectivity index (χ4v) is 1.44. The van der Waals surface area contributed by atoms with Crippen molar-refractivity contribution >= 4 is 17.8 Å². The van der Waals surface area contributed by atoms with Crippen LogP contribution >= 0.6 is 0 Å². The fourth-order valence-electron chi connectivity index (χ4n) is 1.44. The number of rotatable bonds is 8. The highest BCUT2D eigenvalue weighted by molar-refractivity contribution is 5.76. The van der Waals surface area contributed by atoms with E-state index in [1.54, 1.807) is 11.9 Å². The van der Waals surface area contributed by atoms with Crippen molar-refractivity contribution in [1.82, 2.24) is 20.3 Å². The van der Waals surface area contributed by atoms with Gasteiger partial charge in [0.25, 0.3) is 0 Å². The molecule has 0 atom stereocenters. The minimum Gasteiger partial charge on any atom is -0.464 e. The highest BCUT2D eigenvalue weighted by Gasteiger charge is 2.11. The SMILES string of the molecule is CCNc1nc(OCC)nc(N(C)CCC(=O)NC)n1. The summed E-state index contributed by atoms with van der Waals surface area (Å²) in [5, 5.41) is 5.61. The number of carbonyl (C=O) groups is 1. The van der Waals surface area contributed by atoms with Crippen molar-refractivity contribution in [1.29, 1.82) is 0 Å². The molecule has 1 aromatic rings. The van der Waals surface area contributed by atoms with Crippen LogP contribution in [0.1, 0.15) is 20.3 Å². The van der Waals surface area contributed by atoms with Crippen LogP contribution in [0.2, 0.25) is 0 Å². The van der Waals surface area contributed by atoms with E-state index in [4.69, 9.17) is 4.74 Å². The summed E-state index contributed by atoms with van der Waals surface area (Å²) in [7, 11) is 3.44. The first-order valence-electron chi connectivity index (χ1n) is 6.65. The van der Waals surface area contributed by atoms with Gasteiger partial charge in [-0.1, -0.05) is 0 Å². The number of anilines is 2. The number of hydrogen-bond acceptors (Lipinski definition) is 7. The smallest absolute Gasteiger partial charge is 0.323 e. The molecule has 0 aromatic carbocycles. The molecule has 8 heteroatoms. The third kappa shape index (κ3) is 4.87. The second-order valence-corrected chi connectivity index (χ2v) is 4.05. The molecule has 0 fully saturated rings. The Hall–Kier alpha value is -2.12. The Morgan fingerprint density at radius 3 is 2.65 bits per heavy atom. The van der Waals surface area contributed by atoms with Gasteiger partial charge in [-0.2, -0.15) is 15.0 Å². The van der Waals surface area contributed by atoms with Crippen LogP contribution in [0.3, 0.4) is 0 Å². The summed E-state index contributed by atoms with van der Waals surface area (Å²) in [5.41, 5.74) is 0. The van der Waals surface area contributed by atoms with Crippen molar-refractivity contribution in [3.8, 4) is 6.01 Å². The van der Waals surface area contributed by atoms with Crippen molar-refractivity contribution < 1.29 is 9.53 Å². The zero-order valence-electron chi connectivity index (χ0n) is 12.4. The molecule has 2 N–H and O–H groups in total. The third-order valence-electron chi connectivity index (χ3n) is 2.51. The van der Waals surface area contributed by atoms with E-state index in [0.29, 0.717) is 38.0 Å². The van der Waals surface area contributed by atoms with Crippen LogP contribution < -0.4 is 20.3 Å². The quantitative estimate of drug-likeness (QED) is 0.707. The summed E-state index contributed by atoms with van der Waals surface area (Å²) in [6.45, 7) is 5.53. The first kappa shape index (κ1) is 15.9. The topological polar surface area (TPSA) is 92.3 Å². The largest absolute Gasteiger partial charge is 0.464 e. The van der Waals surface area contributed by atoms with Crippen LogP contribution in [0.25, 0.3) is 0 Å². The average Bonchev–Trinajstić information content (AvgIpc) is 2.44. The number of nitrogens with zero attached hydrogens (tertiary/aromatic N) is 4. The summed E-state index contributed by atoms with van der Waals surface area (Å²) in [6, 6.07) is 0.278. The highest BCUT2D eigenvalue weighted by atomic mass is 16.5. The van der Waals surface area contributed by atoms with Crippen LogP contribution in [0.15, 0.2) is 0 Å². The number of ether oxygens (including phenoxy) is 1. The molecule has 0 radical (unpaired) electrons. The zero-order valence-corrected chi connectivity index (χ0v) is 12.4. The Balaban J connectivity index is 2.82. The third-order valence-corrected chi connectivity index (χ3v) is 2.51. The molecule has 0 aliphatic rings. The molecule has 1 rings (SSSR count). The average molecular weight is 282 g/mol. The van der Waals surface area contributed by atoms with Gasteiger partial charge in [-0.25, -0.2) is 0 Å². The van der Waals surface area contributed by atoms with E-state index in [-0.39, 0.29) is 11.9 Å². The van der Waals surface area contributed by atoms with E-state index in [1.807, 2.05) is 20.9 Å². The summed E-state index contributed by atoms with van der Waals surface area (Å²) in [6.07, 6.45) is 0.374. The maximum atomic E-state index is 11.3. The number of carbonyl (C=O) groups excluding carboxylic acids is 1. The number of aromatic nitrogens is 3. The van der Waals surface area contributed by atoms with Gasteiger partial charge in [-0.3, -0.25) is 4.79 Å². The zero-order chi connectivity index (χ0) is 15.0. The van der Waals surface area contributed by atoms with Gasteiger partial charge in [-0.15, -0.1) is 0 Å². The van der Waals surface area contributed by atoms with Gasteiger partial charge >= 0.3 is 6.01 Å². The van der Waals surface area contributed by atoms with Crippen LogP contribution in [0.5, 0.6) is 6.01 Å². The number of amides is 1. The minimum absolute atomic E-state index is 0.0251. The van der Waals surface area contributed by atoms with E-state index in [1.165, 1.54) is 0 Å². The van der Waals surface area contributed by atoms with Gasteiger partial charge < -0.3 is 20.3 Å². The Kier molecular flexibility index (Phi) is 6.48. The first-order chi connectivity index (χ1) is 9.60. The molecule has 0 saturated carbocycles. The molecule has 1 heterocycles. The normalized spacial score (nSPS) is 10.0. The molecule has 0 aliphatic heterocycles. The molecule has 0 spiro atoms. The molecule has 1 amide bonds. The van der Waals surface area contributed by atoms with Crippen molar-refractivity contribution in [2.75, 3.05) is 44.0 Å². The fraction of sp³-hybridized carbons (Fsp3) is 0.667. The second-order valence-electron chi connectivity index (χ2n) is 4.05. The predicted molar refractivity (Wildman–Crippen MR) is 77.1 cm³/mol. The predicted octanol–water partition coefficient (Wildman–Crippen LogP) is 0.274. The lowest BCUT2D eigenvalue weighted by Gasteiger charge is -2.17. The monoisotopic (exact) mass is 282 g/mol. The van der Waals surface area contributed by atoms with Gasteiger partial charge in [0.05, 0.1) is 6.61 Å². The maximum absolute atomic E-state index is 11.3. The molecule has 8 nitrogen and oxygen atoms in total. The molecular formula is C12H22N6O2. The Morgan fingerprint density at radius 2 is 2.05 bits per heavy atom. The van der Waals surface area contributed by atoms with E-state index < -0.39 is 0 Å². The lowest BCUT2D eigenvalue weighted by molar-refractivity contribution is -0.120. The van der Waals surface area contributed by atoms with Crippen molar-refractivity contribution in [3.05, 3.63) is 0 Å². The lowest BCUT2D eigenvalue weighted by Crippen LogP contribution is -2.28.